The van der Waals surface area contributed by atoms with Crippen molar-refractivity contribution in [1.82, 2.24) is 5.32 Å². The van der Waals surface area contributed by atoms with Crippen molar-refractivity contribution in [3.8, 4) is 18.1 Å². The zero-order valence-corrected chi connectivity index (χ0v) is 8.49. The van der Waals surface area contributed by atoms with E-state index in [2.05, 4.69) is 11.2 Å². The molecule has 0 amide bonds. The number of phenols is 1. The molecule has 14 heavy (non-hydrogen) atoms. The van der Waals surface area contributed by atoms with Gasteiger partial charge in [-0.05, 0) is 19.9 Å². The predicted octanol–water partition coefficient (Wildman–Crippen LogP) is 2.06. The second-order valence-electron chi connectivity index (χ2n) is 3.34. The summed E-state index contributed by atoms with van der Waals surface area (Å²) in [5.74, 6) is 2.89. The number of hydrogen-bond acceptors (Lipinski definition) is 2. The molecule has 1 aromatic carbocycles. The number of benzene rings is 1. The summed E-state index contributed by atoms with van der Waals surface area (Å²) in [5, 5.41) is 12.8. The molecule has 2 N–H and O–H groups in total. The van der Waals surface area contributed by atoms with Crippen molar-refractivity contribution in [1.29, 1.82) is 0 Å². The average Bonchev–Trinajstić information content (AvgIpc) is 2.18. The van der Waals surface area contributed by atoms with E-state index in [-0.39, 0.29) is 12.1 Å². The van der Waals surface area contributed by atoms with Crippen LogP contribution in [0, 0.1) is 12.3 Å². The summed E-state index contributed by atoms with van der Waals surface area (Å²) in [5.41, 5.74) is 0.870. The van der Waals surface area contributed by atoms with Gasteiger partial charge in [0, 0.05) is 11.6 Å². The molecule has 0 bridgehead atoms. The van der Waals surface area contributed by atoms with Gasteiger partial charge in [0.2, 0.25) is 0 Å². The number of nitrogens with one attached hydrogen (secondary N) is 1. The average molecular weight is 189 g/mol. The molecule has 1 aromatic rings. The zero-order chi connectivity index (χ0) is 10.6. The van der Waals surface area contributed by atoms with Crippen LogP contribution in [-0.4, -0.2) is 11.1 Å². The van der Waals surface area contributed by atoms with Gasteiger partial charge in [-0.25, -0.2) is 0 Å². The quantitative estimate of drug-likeness (QED) is 0.713. The summed E-state index contributed by atoms with van der Waals surface area (Å²) in [6.07, 6.45) is 5.26. The highest BCUT2D eigenvalue weighted by molar-refractivity contribution is 5.34. The van der Waals surface area contributed by atoms with Crippen LogP contribution in [0.25, 0.3) is 0 Å². The minimum absolute atomic E-state index is 0.00426. The van der Waals surface area contributed by atoms with E-state index >= 15 is 0 Å². The van der Waals surface area contributed by atoms with Crippen molar-refractivity contribution >= 4 is 0 Å². The lowest BCUT2D eigenvalue weighted by Crippen LogP contribution is -2.27. The van der Waals surface area contributed by atoms with Crippen LogP contribution in [0.15, 0.2) is 24.3 Å². The Labute approximate surface area is 85.0 Å². The summed E-state index contributed by atoms with van der Waals surface area (Å²) >= 11 is 0. The number of rotatable bonds is 3. The summed E-state index contributed by atoms with van der Waals surface area (Å²) in [6, 6.07) is 7.32. The molecule has 2 unspecified atom stereocenters. The lowest BCUT2D eigenvalue weighted by molar-refractivity contribution is 0.449. The molecule has 0 spiro atoms. The Morgan fingerprint density at radius 3 is 2.57 bits per heavy atom. The molecule has 0 saturated carbocycles. The van der Waals surface area contributed by atoms with Crippen LogP contribution in [-0.2, 0) is 0 Å². The molecule has 0 aliphatic rings. The number of phenolic OH excluding ortho intramolecular Hbond substituents is 1. The first-order valence-electron chi connectivity index (χ1n) is 4.65. The topological polar surface area (TPSA) is 32.3 Å². The van der Waals surface area contributed by atoms with Gasteiger partial charge in [0.15, 0.2) is 0 Å². The Kier molecular flexibility index (Phi) is 3.55. The fraction of sp³-hybridized carbons (Fsp3) is 0.333. The van der Waals surface area contributed by atoms with E-state index in [1.54, 1.807) is 12.1 Å². The first kappa shape index (κ1) is 10.6. The summed E-state index contributed by atoms with van der Waals surface area (Å²) in [7, 11) is 0. The molecule has 74 valence electrons. The van der Waals surface area contributed by atoms with Crippen LogP contribution in [0.2, 0.25) is 0 Å². The van der Waals surface area contributed by atoms with Crippen LogP contribution >= 0.6 is 0 Å². The maximum atomic E-state index is 9.57. The number of hydrogen-bond donors (Lipinski definition) is 2. The lowest BCUT2D eigenvalue weighted by atomic mass is 10.1. The standard InChI is InChI=1S/C12H15NO/c1-4-9(2)13-10(3)11-7-5-6-8-12(11)14/h1,5-10,13-14H,2-3H3. The van der Waals surface area contributed by atoms with Crippen LogP contribution in [0.3, 0.4) is 0 Å². The van der Waals surface area contributed by atoms with E-state index < -0.39 is 0 Å². The molecule has 0 saturated heterocycles. The summed E-state index contributed by atoms with van der Waals surface area (Å²) in [6.45, 7) is 3.89. The van der Waals surface area contributed by atoms with Crippen molar-refractivity contribution < 1.29 is 5.11 Å². The second-order valence-corrected chi connectivity index (χ2v) is 3.34. The van der Waals surface area contributed by atoms with Gasteiger partial charge in [-0.15, -0.1) is 6.42 Å². The Balaban J connectivity index is 2.75. The van der Waals surface area contributed by atoms with Gasteiger partial charge in [0.1, 0.15) is 5.75 Å². The molecule has 2 atom stereocenters. The van der Waals surface area contributed by atoms with Crippen molar-refractivity contribution in [2.75, 3.05) is 0 Å². The lowest BCUT2D eigenvalue weighted by Gasteiger charge is -2.17. The third kappa shape index (κ3) is 2.51. The highest BCUT2D eigenvalue weighted by Crippen LogP contribution is 2.23. The second kappa shape index (κ2) is 4.69. The van der Waals surface area contributed by atoms with Crippen molar-refractivity contribution in [2.24, 2.45) is 0 Å². The minimum atomic E-state index is 0.00426. The smallest absolute Gasteiger partial charge is 0.120 e. The largest absolute Gasteiger partial charge is 0.508 e. The third-order valence-corrected chi connectivity index (χ3v) is 2.15. The van der Waals surface area contributed by atoms with Gasteiger partial charge in [0.25, 0.3) is 0 Å². The highest BCUT2D eigenvalue weighted by atomic mass is 16.3. The molecular weight excluding hydrogens is 174 g/mol. The Bertz CT molecular complexity index is 340. The third-order valence-electron chi connectivity index (χ3n) is 2.15. The molecule has 0 radical (unpaired) electrons. The van der Waals surface area contributed by atoms with Crippen LogP contribution < -0.4 is 5.32 Å². The van der Waals surface area contributed by atoms with Crippen LogP contribution in [0.5, 0.6) is 5.75 Å². The SMILES string of the molecule is C#CC(C)NC(C)c1ccccc1O. The maximum Gasteiger partial charge on any atom is 0.120 e. The fourth-order valence-electron chi connectivity index (χ4n) is 1.37. The van der Waals surface area contributed by atoms with E-state index in [9.17, 15) is 5.11 Å². The van der Waals surface area contributed by atoms with Gasteiger partial charge in [-0.2, -0.15) is 0 Å². The number of terminal acetylenes is 1. The first-order chi connectivity index (χ1) is 6.65. The Hall–Kier alpha value is -1.46. The predicted molar refractivity (Wildman–Crippen MR) is 58.0 cm³/mol. The van der Waals surface area contributed by atoms with E-state index in [1.165, 1.54) is 0 Å². The van der Waals surface area contributed by atoms with Crippen molar-refractivity contribution in [3.63, 3.8) is 0 Å². The fourth-order valence-corrected chi connectivity index (χ4v) is 1.37. The van der Waals surface area contributed by atoms with Gasteiger partial charge in [-0.1, -0.05) is 24.1 Å². The highest BCUT2D eigenvalue weighted by Gasteiger charge is 2.10. The van der Waals surface area contributed by atoms with Gasteiger partial charge in [0.05, 0.1) is 6.04 Å². The van der Waals surface area contributed by atoms with Crippen LogP contribution in [0.4, 0.5) is 0 Å². The number of aromatic hydroxyl groups is 1. The summed E-state index contributed by atoms with van der Waals surface area (Å²) < 4.78 is 0. The molecule has 0 aliphatic heterocycles. The molecule has 0 heterocycles. The van der Waals surface area contributed by atoms with Gasteiger partial charge >= 0.3 is 0 Å². The Morgan fingerprint density at radius 1 is 1.36 bits per heavy atom. The Morgan fingerprint density at radius 2 is 2.00 bits per heavy atom. The zero-order valence-electron chi connectivity index (χ0n) is 8.49. The van der Waals surface area contributed by atoms with E-state index in [0.29, 0.717) is 5.75 Å². The van der Waals surface area contributed by atoms with E-state index in [4.69, 9.17) is 6.42 Å². The minimum Gasteiger partial charge on any atom is -0.508 e. The number of para-hydroxylation sites is 1. The molecule has 2 nitrogen and oxygen atoms in total. The van der Waals surface area contributed by atoms with Crippen molar-refractivity contribution in [3.05, 3.63) is 29.8 Å². The van der Waals surface area contributed by atoms with Crippen molar-refractivity contribution in [2.45, 2.75) is 25.9 Å². The van der Waals surface area contributed by atoms with E-state index in [0.717, 1.165) is 5.56 Å². The first-order valence-corrected chi connectivity index (χ1v) is 4.65. The van der Waals surface area contributed by atoms with Gasteiger partial charge in [-0.3, -0.25) is 5.32 Å². The van der Waals surface area contributed by atoms with Crippen LogP contribution in [0.1, 0.15) is 25.5 Å². The molecule has 0 aliphatic carbocycles. The molecular formula is C12H15NO. The molecule has 0 aromatic heterocycles. The summed E-state index contributed by atoms with van der Waals surface area (Å²) in [4.78, 5) is 0. The molecule has 0 fully saturated rings. The molecule has 1 rings (SSSR count). The van der Waals surface area contributed by atoms with E-state index in [1.807, 2.05) is 26.0 Å². The monoisotopic (exact) mass is 189 g/mol. The van der Waals surface area contributed by atoms with Gasteiger partial charge < -0.3 is 5.11 Å². The normalized spacial score (nSPS) is 14.4. The molecule has 2 heteroatoms. The maximum absolute atomic E-state index is 9.57.